The number of hydrogen-bond donors (Lipinski definition) is 0. The predicted octanol–water partition coefficient (Wildman–Crippen LogP) is 1.69. The van der Waals surface area contributed by atoms with Crippen LogP contribution >= 0.6 is 0 Å². The number of aromatic nitrogens is 2. The topological polar surface area (TPSA) is 79.8 Å². The number of rotatable bonds is 2. The van der Waals surface area contributed by atoms with Crippen LogP contribution < -0.4 is 9.80 Å². The lowest BCUT2D eigenvalue weighted by Gasteiger charge is -2.36. The summed E-state index contributed by atoms with van der Waals surface area (Å²) in [6, 6.07) is 8.54. The van der Waals surface area contributed by atoms with E-state index in [1.54, 1.807) is 18.3 Å². The third kappa shape index (κ3) is 2.90. The molecule has 1 aromatic carbocycles. The van der Waals surface area contributed by atoms with Gasteiger partial charge in [0.05, 0.1) is 18.1 Å². The normalized spacial score (nSPS) is 14.2. The highest BCUT2D eigenvalue weighted by molar-refractivity contribution is 5.60. The maximum Gasteiger partial charge on any atom is 0.158 e. The molecule has 2 aromatic rings. The maximum atomic E-state index is 13.7. The standard InChI is InChI=1S/C16H13FN6/c17-14-2-1-3-15(13(14)9-19)22-4-6-23(7-5-22)16-11-20-12(8-18)10-21-16/h1-3,10-11H,4-7H2. The molecule has 0 amide bonds. The van der Waals surface area contributed by atoms with Crippen LogP contribution in [0.1, 0.15) is 11.3 Å². The summed E-state index contributed by atoms with van der Waals surface area (Å²) in [5, 5.41) is 17.9. The average Bonchev–Trinajstić information content (AvgIpc) is 2.62. The Morgan fingerprint density at radius 2 is 1.70 bits per heavy atom. The lowest BCUT2D eigenvalue weighted by Crippen LogP contribution is -2.47. The smallest absolute Gasteiger partial charge is 0.158 e. The average molecular weight is 308 g/mol. The summed E-state index contributed by atoms with van der Waals surface area (Å²) in [6.45, 7) is 2.67. The van der Waals surface area contributed by atoms with E-state index in [0.29, 0.717) is 37.7 Å². The first-order valence-corrected chi connectivity index (χ1v) is 7.13. The van der Waals surface area contributed by atoms with Crippen molar-refractivity contribution in [2.75, 3.05) is 36.0 Å². The van der Waals surface area contributed by atoms with E-state index in [4.69, 9.17) is 10.5 Å². The van der Waals surface area contributed by atoms with Crippen LogP contribution in [0.5, 0.6) is 0 Å². The second-order valence-electron chi connectivity index (χ2n) is 5.09. The fourth-order valence-electron chi connectivity index (χ4n) is 2.61. The third-order valence-electron chi connectivity index (χ3n) is 3.80. The molecule has 0 aliphatic carbocycles. The van der Waals surface area contributed by atoms with Gasteiger partial charge in [0.15, 0.2) is 5.69 Å². The van der Waals surface area contributed by atoms with Crippen LogP contribution in [-0.4, -0.2) is 36.1 Å². The zero-order valence-corrected chi connectivity index (χ0v) is 12.3. The van der Waals surface area contributed by atoms with E-state index in [1.807, 2.05) is 17.0 Å². The van der Waals surface area contributed by atoms with Crippen LogP contribution in [-0.2, 0) is 0 Å². The Bertz CT molecular complexity index is 782. The summed E-state index contributed by atoms with van der Waals surface area (Å²) >= 11 is 0. The van der Waals surface area contributed by atoms with Crippen molar-refractivity contribution in [3.63, 3.8) is 0 Å². The number of hydrogen-bond acceptors (Lipinski definition) is 6. The molecule has 3 rings (SSSR count). The minimum atomic E-state index is -0.495. The van der Waals surface area contributed by atoms with Crippen molar-refractivity contribution >= 4 is 11.5 Å². The van der Waals surface area contributed by atoms with Crippen molar-refractivity contribution in [2.45, 2.75) is 0 Å². The van der Waals surface area contributed by atoms with Gasteiger partial charge in [-0.05, 0) is 12.1 Å². The zero-order chi connectivity index (χ0) is 16.2. The molecule has 6 nitrogen and oxygen atoms in total. The largest absolute Gasteiger partial charge is 0.367 e. The van der Waals surface area contributed by atoms with Crippen molar-refractivity contribution in [1.29, 1.82) is 10.5 Å². The quantitative estimate of drug-likeness (QED) is 0.840. The van der Waals surface area contributed by atoms with E-state index in [2.05, 4.69) is 14.9 Å². The molecule has 1 aliphatic heterocycles. The summed E-state index contributed by atoms with van der Waals surface area (Å²) in [5.41, 5.74) is 0.989. The van der Waals surface area contributed by atoms with E-state index >= 15 is 0 Å². The number of nitrogens with zero attached hydrogens (tertiary/aromatic N) is 6. The highest BCUT2D eigenvalue weighted by Crippen LogP contribution is 2.24. The minimum Gasteiger partial charge on any atom is -0.367 e. The molecule has 0 radical (unpaired) electrons. The van der Waals surface area contributed by atoms with Gasteiger partial charge in [-0.15, -0.1) is 0 Å². The van der Waals surface area contributed by atoms with Crippen molar-refractivity contribution in [3.8, 4) is 12.1 Å². The van der Waals surface area contributed by atoms with Crippen molar-refractivity contribution in [1.82, 2.24) is 9.97 Å². The Hall–Kier alpha value is -3.19. The molecule has 0 atom stereocenters. The summed E-state index contributed by atoms with van der Waals surface area (Å²) in [7, 11) is 0. The summed E-state index contributed by atoms with van der Waals surface area (Å²) in [5.74, 6) is 0.216. The molecule has 2 heterocycles. The van der Waals surface area contributed by atoms with Crippen LogP contribution in [0.25, 0.3) is 0 Å². The van der Waals surface area contributed by atoms with Gasteiger partial charge in [-0.25, -0.2) is 14.4 Å². The molecule has 1 aromatic heterocycles. The molecule has 0 bridgehead atoms. The molecule has 0 N–H and O–H groups in total. The summed E-state index contributed by atoms with van der Waals surface area (Å²) in [4.78, 5) is 12.3. The van der Waals surface area contributed by atoms with E-state index < -0.39 is 5.82 Å². The molecule has 1 fully saturated rings. The highest BCUT2D eigenvalue weighted by atomic mass is 19.1. The Morgan fingerprint density at radius 3 is 2.30 bits per heavy atom. The first-order valence-electron chi connectivity index (χ1n) is 7.13. The lowest BCUT2D eigenvalue weighted by molar-refractivity contribution is 0.615. The van der Waals surface area contributed by atoms with Crippen LogP contribution in [0.2, 0.25) is 0 Å². The number of benzene rings is 1. The second-order valence-corrected chi connectivity index (χ2v) is 5.09. The van der Waals surface area contributed by atoms with Gasteiger partial charge in [0.2, 0.25) is 0 Å². The van der Waals surface area contributed by atoms with E-state index in [9.17, 15) is 4.39 Å². The fraction of sp³-hybridized carbons (Fsp3) is 0.250. The Labute approximate surface area is 133 Å². The number of nitriles is 2. The van der Waals surface area contributed by atoms with Gasteiger partial charge >= 0.3 is 0 Å². The van der Waals surface area contributed by atoms with Crippen LogP contribution in [0.3, 0.4) is 0 Å². The molecule has 0 saturated carbocycles. The van der Waals surface area contributed by atoms with Crippen molar-refractivity contribution in [2.24, 2.45) is 0 Å². The third-order valence-corrected chi connectivity index (χ3v) is 3.80. The Balaban J connectivity index is 1.73. The van der Waals surface area contributed by atoms with Gasteiger partial charge in [0, 0.05) is 26.2 Å². The number of halogens is 1. The SMILES string of the molecule is N#Cc1cnc(N2CCN(c3cccc(F)c3C#N)CC2)cn1. The molecule has 114 valence electrons. The maximum absolute atomic E-state index is 13.7. The van der Waals surface area contributed by atoms with E-state index in [0.717, 1.165) is 0 Å². The predicted molar refractivity (Wildman–Crippen MR) is 82.3 cm³/mol. The van der Waals surface area contributed by atoms with Crippen molar-refractivity contribution < 1.29 is 4.39 Å². The Kier molecular flexibility index (Phi) is 4.03. The van der Waals surface area contributed by atoms with Crippen LogP contribution in [0.4, 0.5) is 15.9 Å². The van der Waals surface area contributed by atoms with Gasteiger partial charge in [-0.3, -0.25) is 0 Å². The van der Waals surface area contributed by atoms with Gasteiger partial charge in [-0.1, -0.05) is 6.07 Å². The molecule has 1 saturated heterocycles. The molecular weight excluding hydrogens is 295 g/mol. The van der Waals surface area contributed by atoms with Crippen LogP contribution in [0, 0.1) is 28.5 Å². The molecule has 7 heteroatoms. The number of anilines is 2. The van der Waals surface area contributed by atoms with Crippen molar-refractivity contribution in [3.05, 3.63) is 47.7 Å². The van der Waals surface area contributed by atoms with Gasteiger partial charge < -0.3 is 9.80 Å². The zero-order valence-electron chi connectivity index (χ0n) is 12.3. The highest BCUT2D eigenvalue weighted by Gasteiger charge is 2.21. The first kappa shape index (κ1) is 14.7. The fourth-order valence-corrected chi connectivity index (χ4v) is 2.61. The second kappa shape index (κ2) is 6.29. The summed E-state index contributed by atoms with van der Waals surface area (Å²) in [6.07, 6.45) is 3.03. The molecule has 1 aliphatic rings. The van der Waals surface area contributed by atoms with Gasteiger partial charge in [-0.2, -0.15) is 10.5 Å². The Morgan fingerprint density at radius 1 is 0.957 bits per heavy atom. The lowest BCUT2D eigenvalue weighted by atomic mass is 10.1. The first-order chi connectivity index (χ1) is 11.2. The summed E-state index contributed by atoms with van der Waals surface area (Å²) < 4.78 is 13.7. The number of piperazine rings is 1. The monoisotopic (exact) mass is 308 g/mol. The van der Waals surface area contributed by atoms with Gasteiger partial charge in [0.25, 0.3) is 0 Å². The van der Waals surface area contributed by atoms with E-state index in [1.165, 1.54) is 12.3 Å². The van der Waals surface area contributed by atoms with Gasteiger partial charge in [0.1, 0.15) is 29.3 Å². The molecule has 0 unspecified atom stereocenters. The van der Waals surface area contributed by atoms with Crippen LogP contribution in [0.15, 0.2) is 30.6 Å². The van der Waals surface area contributed by atoms with E-state index in [-0.39, 0.29) is 11.3 Å². The molecular formula is C16H13FN6. The minimum absolute atomic E-state index is 0.0825. The molecule has 23 heavy (non-hydrogen) atoms. The molecule has 0 spiro atoms.